The summed E-state index contributed by atoms with van der Waals surface area (Å²) in [5.41, 5.74) is 5.12. The predicted molar refractivity (Wildman–Crippen MR) is 71.6 cm³/mol. The molecule has 1 rings (SSSR count). The smallest absolute Gasteiger partial charge is 0.400 e. The number of rotatable bonds is 6. The van der Waals surface area contributed by atoms with E-state index in [2.05, 4.69) is 17.4 Å². The van der Waals surface area contributed by atoms with E-state index in [-0.39, 0.29) is 12.6 Å². The molecule has 1 atom stereocenters. The van der Waals surface area contributed by atoms with Crippen molar-refractivity contribution in [1.29, 1.82) is 0 Å². The Labute approximate surface area is 117 Å². The molecule has 1 aliphatic rings. The molecule has 4 N–H and O–H groups in total. The second-order valence-electron chi connectivity index (χ2n) is 5.53. The van der Waals surface area contributed by atoms with Crippen LogP contribution in [0.15, 0.2) is 5.16 Å². The monoisotopic (exact) mass is 295 g/mol. The Morgan fingerprint density at radius 3 is 2.40 bits per heavy atom. The van der Waals surface area contributed by atoms with Gasteiger partial charge in [-0.05, 0) is 31.6 Å². The van der Waals surface area contributed by atoms with E-state index in [1.807, 2.05) is 0 Å². The topological polar surface area (TPSA) is 70.6 Å². The van der Waals surface area contributed by atoms with Crippen molar-refractivity contribution in [2.24, 2.45) is 22.7 Å². The molecule has 4 nitrogen and oxygen atoms in total. The highest BCUT2D eigenvalue weighted by molar-refractivity contribution is 5.83. The number of halogens is 3. The van der Waals surface area contributed by atoms with Gasteiger partial charge in [0.15, 0.2) is 5.84 Å². The molecule has 0 spiro atoms. The normalized spacial score (nSPS) is 26.5. The minimum Gasteiger partial charge on any atom is -0.409 e. The SMILES string of the molecule is CCCC1CCC(NCC(C(N)=NO)C(F)(F)F)CC1. The average Bonchev–Trinajstić information content (AvgIpc) is 2.39. The van der Waals surface area contributed by atoms with Crippen LogP contribution in [0, 0.1) is 11.8 Å². The Morgan fingerprint density at radius 1 is 1.35 bits per heavy atom. The Bertz CT molecular complexity index is 312. The summed E-state index contributed by atoms with van der Waals surface area (Å²) < 4.78 is 38.3. The van der Waals surface area contributed by atoms with Crippen molar-refractivity contribution in [1.82, 2.24) is 5.32 Å². The van der Waals surface area contributed by atoms with Crippen LogP contribution in [0.4, 0.5) is 13.2 Å². The predicted octanol–water partition coefficient (Wildman–Crippen LogP) is 2.86. The number of nitrogens with one attached hydrogen (secondary N) is 1. The van der Waals surface area contributed by atoms with Gasteiger partial charge in [0, 0.05) is 12.6 Å². The molecule has 1 aliphatic carbocycles. The number of nitrogens with two attached hydrogens (primary N) is 1. The number of nitrogens with zero attached hydrogens (tertiary/aromatic N) is 1. The molecule has 1 saturated carbocycles. The summed E-state index contributed by atoms with van der Waals surface area (Å²) in [6, 6.07) is 0.0967. The Morgan fingerprint density at radius 2 is 1.95 bits per heavy atom. The Hall–Kier alpha value is -0.980. The van der Waals surface area contributed by atoms with Crippen molar-refractivity contribution in [3.8, 4) is 0 Å². The molecule has 118 valence electrons. The average molecular weight is 295 g/mol. The second-order valence-corrected chi connectivity index (χ2v) is 5.53. The first-order chi connectivity index (χ1) is 9.38. The van der Waals surface area contributed by atoms with Gasteiger partial charge < -0.3 is 16.3 Å². The highest BCUT2D eigenvalue weighted by atomic mass is 19.4. The minimum absolute atomic E-state index is 0.0967. The lowest BCUT2D eigenvalue weighted by Gasteiger charge is -2.30. The Balaban J connectivity index is 2.42. The quantitative estimate of drug-likeness (QED) is 0.305. The van der Waals surface area contributed by atoms with E-state index in [0.29, 0.717) is 5.92 Å². The molecule has 0 aliphatic heterocycles. The van der Waals surface area contributed by atoms with Crippen LogP contribution < -0.4 is 11.1 Å². The van der Waals surface area contributed by atoms with Crippen LogP contribution in [0.5, 0.6) is 0 Å². The van der Waals surface area contributed by atoms with Crippen LogP contribution in [0.3, 0.4) is 0 Å². The Kier molecular flexibility index (Phi) is 6.58. The van der Waals surface area contributed by atoms with Gasteiger partial charge in [-0.25, -0.2) is 0 Å². The third-order valence-electron chi connectivity index (χ3n) is 4.02. The summed E-state index contributed by atoms with van der Waals surface area (Å²) in [4.78, 5) is 0. The molecule has 20 heavy (non-hydrogen) atoms. The first-order valence-electron chi connectivity index (χ1n) is 7.16. The molecule has 0 radical (unpaired) electrons. The van der Waals surface area contributed by atoms with E-state index in [9.17, 15) is 13.2 Å². The van der Waals surface area contributed by atoms with Gasteiger partial charge >= 0.3 is 6.18 Å². The number of oxime groups is 1. The van der Waals surface area contributed by atoms with Gasteiger partial charge in [0.2, 0.25) is 0 Å². The molecule has 1 unspecified atom stereocenters. The lowest BCUT2D eigenvalue weighted by Crippen LogP contribution is -2.46. The molecule has 0 aromatic heterocycles. The fourth-order valence-electron chi connectivity index (χ4n) is 2.81. The van der Waals surface area contributed by atoms with Crippen molar-refractivity contribution >= 4 is 5.84 Å². The van der Waals surface area contributed by atoms with Gasteiger partial charge in [-0.15, -0.1) is 0 Å². The van der Waals surface area contributed by atoms with Crippen molar-refractivity contribution in [2.75, 3.05) is 6.54 Å². The van der Waals surface area contributed by atoms with Crippen LogP contribution in [0.25, 0.3) is 0 Å². The lowest BCUT2D eigenvalue weighted by atomic mass is 9.83. The molecule has 0 aromatic rings. The summed E-state index contributed by atoms with van der Waals surface area (Å²) in [5.74, 6) is -2.01. The fourth-order valence-corrected chi connectivity index (χ4v) is 2.81. The first-order valence-corrected chi connectivity index (χ1v) is 7.16. The van der Waals surface area contributed by atoms with E-state index in [1.165, 1.54) is 6.42 Å². The molecular formula is C13H24F3N3O. The first kappa shape index (κ1) is 17.1. The van der Waals surface area contributed by atoms with Crippen LogP contribution in [-0.4, -0.2) is 29.8 Å². The van der Waals surface area contributed by atoms with Gasteiger partial charge in [0.1, 0.15) is 5.92 Å². The van der Waals surface area contributed by atoms with Crippen LogP contribution in [0.1, 0.15) is 45.4 Å². The van der Waals surface area contributed by atoms with Crippen molar-refractivity contribution in [3.63, 3.8) is 0 Å². The number of hydrogen-bond donors (Lipinski definition) is 3. The van der Waals surface area contributed by atoms with E-state index in [1.54, 1.807) is 0 Å². The van der Waals surface area contributed by atoms with Crippen molar-refractivity contribution in [3.05, 3.63) is 0 Å². The van der Waals surface area contributed by atoms with Crippen LogP contribution in [-0.2, 0) is 0 Å². The number of alkyl halides is 3. The molecular weight excluding hydrogens is 271 g/mol. The number of hydrogen-bond acceptors (Lipinski definition) is 3. The molecule has 0 aromatic carbocycles. The van der Waals surface area contributed by atoms with Gasteiger partial charge in [-0.2, -0.15) is 13.2 Å². The lowest BCUT2D eigenvalue weighted by molar-refractivity contribution is -0.155. The van der Waals surface area contributed by atoms with Gasteiger partial charge in [0.05, 0.1) is 0 Å². The maximum absolute atomic E-state index is 12.8. The van der Waals surface area contributed by atoms with Gasteiger partial charge in [0.25, 0.3) is 0 Å². The molecule has 0 heterocycles. The molecule has 0 amide bonds. The van der Waals surface area contributed by atoms with Crippen LogP contribution in [0.2, 0.25) is 0 Å². The summed E-state index contributed by atoms with van der Waals surface area (Å²) in [5, 5.41) is 13.8. The summed E-state index contributed by atoms with van der Waals surface area (Å²) in [7, 11) is 0. The summed E-state index contributed by atoms with van der Waals surface area (Å²) in [6.45, 7) is 1.82. The van der Waals surface area contributed by atoms with E-state index >= 15 is 0 Å². The fraction of sp³-hybridized carbons (Fsp3) is 0.923. The van der Waals surface area contributed by atoms with Gasteiger partial charge in [-0.3, -0.25) is 0 Å². The number of amidine groups is 1. The zero-order chi connectivity index (χ0) is 15.2. The van der Waals surface area contributed by atoms with E-state index in [4.69, 9.17) is 10.9 Å². The third-order valence-corrected chi connectivity index (χ3v) is 4.02. The second kappa shape index (κ2) is 7.71. The molecule has 0 saturated heterocycles. The van der Waals surface area contributed by atoms with E-state index in [0.717, 1.165) is 32.1 Å². The highest BCUT2D eigenvalue weighted by Crippen LogP contribution is 2.29. The standard InChI is InChI=1S/C13H24F3N3O/c1-2-3-9-4-6-10(7-5-9)18-8-11(12(17)19-20)13(14,15)16/h9-11,18,20H,2-8H2,1H3,(H2,17,19). The zero-order valence-corrected chi connectivity index (χ0v) is 11.8. The summed E-state index contributed by atoms with van der Waals surface area (Å²) >= 11 is 0. The maximum Gasteiger partial charge on any atom is 0.400 e. The van der Waals surface area contributed by atoms with Crippen molar-refractivity contribution < 1.29 is 18.4 Å². The largest absolute Gasteiger partial charge is 0.409 e. The van der Waals surface area contributed by atoms with Crippen molar-refractivity contribution in [2.45, 2.75) is 57.7 Å². The zero-order valence-electron chi connectivity index (χ0n) is 11.8. The van der Waals surface area contributed by atoms with Crippen LogP contribution >= 0.6 is 0 Å². The molecule has 1 fully saturated rings. The molecule has 0 bridgehead atoms. The van der Waals surface area contributed by atoms with E-state index < -0.39 is 17.9 Å². The highest BCUT2D eigenvalue weighted by Gasteiger charge is 2.42. The third kappa shape index (κ3) is 5.19. The minimum atomic E-state index is -4.50. The van der Waals surface area contributed by atoms with Gasteiger partial charge in [-0.1, -0.05) is 24.9 Å². The molecule has 7 heteroatoms. The maximum atomic E-state index is 12.8. The summed E-state index contributed by atoms with van der Waals surface area (Å²) in [6.07, 6.45) is 1.77.